The second kappa shape index (κ2) is 7.55. The number of carbonyl (C=O) groups is 3. The van der Waals surface area contributed by atoms with Gasteiger partial charge in [0, 0.05) is 24.6 Å². The Morgan fingerprint density at radius 3 is 2.50 bits per heavy atom. The Morgan fingerprint density at radius 1 is 1.06 bits per heavy atom. The van der Waals surface area contributed by atoms with Gasteiger partial charge in [-0.1, -0.05) is 37.3 Å². The number of benzene rings is 2. The number of imide groups is 1. The van der Waals surface area contributed by atoms with Gasteiger partial charge in [0.05, 0.1) is 0 Å². The molecule has 2 heterocycles. The molecule has 2 aromatic carbocycles. The molecule has 2 fully saturated rings. The van der Waals surface area contributed by atoms with Crippen molar-refractivity contribution in [2.24, 2.45) is 0 Å². The van der Waals surface area contributed by atoms with Crippen molar-refractivity contribution in [2.45, 2.75) is 50.4 Å². The topological polar surface area (TPSA) is 97.0 Å². The van der Waals surface area contributed by atoms with Crippen molar-refractivity contribution in [3.8, 4) is 11.5 Å². The third-order valence-electron chi connectivity index (χ3n) is 6.46. The first-order valence-electron chi connectivity index (χ1n) is 11.0. The molecule has 2 aromatic rings. The van der Waals surface area contributed by atoms with Crippen LogP contribution in [0.2, 0.25) is 0 Å². The summed E-state index contributed by atoms with van der Waals surface area (Å²) in [6.45, 7) is 1.45. The molecule has 1 atom stereocenters. The van der Waals surface area contributed by atoms with Gasteiger partial charge < -0.3 is 20.1 Å². The molecule has 2 aliphatic heterocycles. The van der Waals surface area contributed by atoms with Gasteiger partial charge in [-0.2, -0.15) is 0 Å². The van der Waals surface area contributed by atoms with Crippen molar-refractivity contribution in [2.75, 3.05) is 11.9 Å². The van der Waals surface area contributed by atoms with Crippen LogP contribution in [-0.2, 0) is 15.1 Å². The first kappa shape index (κ1) is 20.4. The molecule has 1 spiro atoms. The highest BCUT2D eigenvalue weighted by molar-refractivity contribution is 6.10. The van der Waals surface area contributed by atoms with E-state index in [-0.39, 0.29) is 6.54 Å². The number of nitrogens with zero attached hydrogens (tertiary/aromatic N) is 1. The van der Waals surface area contributed by atoms with Gasteiger partial charge in [0.2, 0.25) is 5.91 Å². The molecule has 1 saturated carbocycles. The number of hydrogen-bond donors (Lipinski definition) is 2. The third kappa shape index (κ3) is 3.26. The molecule has 1 saturated heterocycles. The number of anilines is 1. The van der Waals surface area contributed by atoms with Crippen LogP contribution in [0.4, 0.5) is 10.5 Å². The third-order valence-corrected chi connectivity index (χ3v) is 6.46. The number of carbonyl (C=O) groups excluding carboxylic acids is 3. The molecule has 0 bridgehead atoms. The van der Waals surface area contributed by atoms with Crippen molar-refractivity contribution in [3.63, 3.8) is 0 Å². The average Bonchev–Trinajstić information content (AvgIpc) is 3.46. The highest BCUT2D eigenvalue weighted by Crippen LogP contribution is 2.47. The molecule has 2 N–H and O–H groups in total. The molecular formula is C24H25N3O5. The van der Waals surface area contributed by atoms with E-state index in [0.717, 1.165) is 30.6 Å². The normalized spacial score (nSPS) is 23.0. The number of ether oxygens (including phenoxy) is 2. The van der Waals surface area contributed by atoms with Crippen LogP contribution < -0.4 is 20.1 Å². The zero-order chi connectivity index (χ0) is 22.3. The predicted octanol–water partition coefficient (Wildman–Crippen LogP) is 3.52. The highest BCUT2D eigenvalue weighted by Gasteiger charge is 2.51. The molecule has 0 radical (unpaired) electrons. The molecular weight excluding hydrogens is 410 g/mol. The van der Waals surface area contributed by atoms with E-state index in [1.54, 1.807) is 30.3 Å². The number of nitrogens with one attached hydrogen (secondary N) is 2. The van der Waals surface area contributed by atoms with Crippen LogP contribution >= 0.6 is 0 Å². The highest BCUT2D eigenvalue weighted by atomic mass is 16.7. The molecule has 3 aliphatic rings. The van der Waals surface area contributed by atoms with Crippen LogP contribution in [0.25, 0.3) is 0 Å². The van der Waals surface area contributed by atoms with Crippen LogP contribution in [0.1, 0.15) is 44.6 Å². The van der Waals surface area contributed by atoms with Crippen molar-refractivity contribution in [3.05, 3.63) is 54.1 Å². The molecule has 166 valence electrons. The summed E-state index contributed by atoms with van der Waals surface area (Å²) in [6.07, 6.45) is 4.19. The van der Waals surface area contributed by atoms with Gasteiger partial charge in [-0.3, -0.25) is 14.5 Å². The smallest absolute Gasteiger partial charge is 0.325 e. The maximum absolute atomic E-state index is 13.2. The zero-order valence-corrected chi connectivity index (χ0v) is 17.8. The fourth-order valence-electron chi connectivity index (χ4n) is 4.77. The fraction of sp³-hybridized carbons (Fsp3) is 0.375. The molecule has 1 aliphatic carbocycles. The van der Waals surface area contributed by atoms with Gasteiger partial charge in [0.1, 0.15) is 12.1 Å². The monoisotopic (exact) mass is 435 g/mol. The maximum Gasteiger partial charge on any atom is 0.325 e. The van der Waals surface area contributed by atoms with Gasteiger partial charge in [-0.15, -0.1) is 0 Å². The number of rotatable bonds is 5. The lowest BCUT2D eigenvalue weighted by Crippen LogP contribution is -2.44. The van der Waals surface area contributed by atoms with E-state index >= 15 is 0 Å². The lowest BCUT2D eigenvalue weighted by molar-refractivity contribution is -0.134. The minimum Gasteiger partial charge on any atom is -0.448 e. The largest absolute Gasteiger partial charge is 0.448 e. The molecule has 1 unspecified atom stereocenters. The summed E-state index contributed by atoms with van der Waals surface area (Å²) in [5, 5.41) is 5.54. The number of amides is 4. The molecule has 8 nitrogen and oxygen atoms in total. The Bertz CT molecular complexity index is 1080. The first-order valence-corrected chi connectivity index (χ1v) is 11.0. The van der Waals surface area contributed by atoms with Crippen molar-refractivity contribution in [1.29, 1.82) is 0 Å². The number of hydrogen-bond acceptors (Lipinski definition) is 5. The first-order chi connectivity index (χ1) is 15.4. The van der Waals surface area contributed by atoms with Gasteiger partial charge in [-0.05, 0) is 37.0 Å². The Kier molecular flexibility index (Phi) is 4.80. The van der Waals surface area contributed by atoms with E-state index in [2.05, 4.69) is 10.6 Å². The minimum absolute atomic E-state index is 0.377. The Labute approximate surface area is 185 Å². The van der Waals surface area contributed by atoms with Crippen LogP contribution in [0, 0.1) is 0 Å². The number of urea groups is 1. The second-order valence-electron chi connectivity index (χ2n) is 8.48. The Hall–Kier alpha value is -3.55. The summed E-state index contributed by atoms with van der Waals surface area (Å²) < 4.78 is 12.0. The Morgan fingerprint density at radius 2 is 1.78 bits per heavy atom. The average molecular weight is 435 g/mol. The lowest BCUT2D eigenvalue weighted by Gasteiger charge is -2.25. The molecule has 0 aromatic heterocycles. The quantitative estimate of drug-likeness (QED) is 0.701. The van der Waals surface area contributed by atoms with Gasteiger partial charge in [-0.25, -0.2) is 4.79 Å². The molecule has 32 heavy (non-hydrogen) atoms. The van der Waals surface area contributed by atoms with E-state index < -0.39 is 29.2 Å². The van der Waals surface area contributed by atoms with Crippen molar-refractivity contribution in [1.82, 2.24) is 10.2 Å². The van der Waals surface area contributed by atoms with E-state index in [1.165, 1.54) is 0 Å². The fourth-order valence-corrected chi connectivity index (χ4v) is 4.77. The van der Waals surface area contributed by atoms with E-state index in [9.17, 15) is 14.4 Å². The summed E-state index contributed by atoms with van der Waals surface area (Å²) in [5.74, 6) is -0.224. The van der Waals surface area contributed by atoms with Gasteiger partial charge in [0.25, 0.3) is 11.7 Å². The van der Waals surface area contributed by atoms with E-state index in [4.69, 9.17) is 9.47 Å². The summed E-state index contributed by atoms with van der Waals surface area (Å²) in [7, 11) is 0. The molecule has 8 heteroatoms. The van der Waals surface area contributed by atoms with Gasteiger partial charge >= 0.3 is 6.03 Å². The lowest BCUT2D eigenvalue weighted by atomic mass is 9.87. The zero-order valence-electron chi connectivity index (χ0n) is 17.8. The summed E-state index contributed by atoms with van der Waals surface area (Å²) in [6, 6.07) is 13.7. The van der Waals surface area contributed by atoms with Gasteiger partial charge in [0.15, 0.2) is 11.5 Å². The van der Waals surface area contributed by atoms with Crippen LogP contribution in [0.15, 0.2) is 48.5 Å². The predicted molar refractivity (Wildman–Crippen MR) is 116 cm³/mol. The van der Waals surface area contributed by atoms with Crippen LogP contribution in [-0.4, -0.2) is 35.1 Å². The maximum atomic E-state index is 13.2. The van der Waals surface area contributed by atoms with Crippen LogP contribution in [0.3, 0.4) is 0 Å². The second-order valence-corrected chi connectivity index (χ2v) is 8.48. The van der Waals surface area contributed by atoms with Crippen LogP contribution in [0.5, 0.6) is 11.5 Å². The van der Waals surface area contributed by atoms with E-state index in [0.29, 0.717) is 29.2 Å². The standard InChI is InChI=1S/C24H25N3O5/c1-2-24(16-8-4-3-5-9-16)21(29)27(22(30)26-24)15-20(28)25-17-10-11-18-19(14-17)32-23(31-18)12-6-7-13-23/h3-5,8-11,14H,2,6-7,12-13,15H2,1H3,(H,25,28)(H,26,30). The van der Waals surface area contributed by atoms with E-state index in [1.807, 2.05) is 25.1 Å². The molecule has 5 rings (SSSR count). The summed E-state index contributed by atoms with van der Waals surface area (Å²) >= 11 is 0. The van der Waals surface area contributed by atoms with Crippen molar-refractivity contribution >= 4 is 23.5 Å². The SMILES string of the molecule is CCC1(c2ccccc2)NC(=O)N(CC(=O)Nc2ccc3c(c2)OC2(CCCC2)O3)C1=O. The summed E-state index contributed by atoms with van der Waals surface area (Å²) in [4.78, 5) is 39.4. The summed E-state index contributed by atoms with van der Waals surface area (Å²) in [5.41, 5.74) is 0.0529. The van der Waals surface area contributed by atoms with Crippen molar-refractivity contribution < 1.29 is 23.9 Å². The number of fused-ring (bicyclic) bond motifs is 1. The minimum atomic E-state index is -1.16. The Balaban J connectivity index is 1.28. The molecule has 4 amide bonds.